The minimum atomic E-state index is -0.262. The van der Waals surface area contributed by atoms with E-state index in [1.165, 1.54) is 23.9 Å². The summed E-state index contributed by atoms with van der Waals surface area (Å²) >= 11 is 1.45. The standard InChI is InChI=1S/C20H18FN3OS/c1-14(16-8-11-22-12-9-16)24-19(25)18-3-2-10-23-20(18)26-13-15-4-6-17(21)7-5-15/h2-12,14H,13H2,1H3,(H,24,25). The summed E-state index contributed by atoms with van der Waals surface area (Å²) in [6.07, 6.45) is 5.06. The van der Waals surface area contributed by atoms with Gasteiger partial charge in [0, 0.05) is 24.3 Å². The Balaban J connectivity index is 1.69. The number of thioether (sulfide) groups is 1. The summed E-state index contributed by atoms with van der Waals surface area (Å²) in [5, 5.41) is 3.64. The van der Waals surface area contributed by atoms with Crippen molar-refractivity contribution in [3.05, 3.63) is 89.6 Å². The van der Waals surface area contributed by atoms with Crippen LogP contribution in [-0.4, -0.2) is 15.9 Å². The Labute approximate surface area is 155 Å². The first-order valence-corrected chi connectivity index (χ1v) is 9.15. The van der Waals surface area contributed by atoms with E-state index in [4.69, 9.17) is 0 Å². The number of aromatic nitrogens is 2. The van der Waals surface area contributed by atoms with E-state index in [1.807, 2.05) is 19.1 Å². The Morgan fingerprint density at radius 1 is 1.12 bits per heavy atom. The quantitative estimate of drug-likeness (QED) is 0.656. The molecule has 2 aromatic heterocycles. The number of nitrogens with one attached hydrogen (secondary N) is 1. The number of hydrogen-bond donors (Lipinski definition) is 1. The molecule has 1 atom stereocenters. The lowest BCUT2D eigenvalue weighted by atomic mass is 10.1. The molecule has 0 saturated carbocycles. The largest absolute Gasteiger partial charge is 0.345 e. The molecule has 0 aliphatic carbocycles. The molecule has 4 nitrogen and oxygen atoms in total. The number of rotatable bonds is 6. The fraction of sp³-hybridized carbons (Fsp3) is 0.150. The van der Waals surface area contributed by atoms with Gasteiger partial charge >= 0.3 is 0 Å². The van der Waals surface area contributed by atoms with E-state index in [2.05, 4.69) is 15.3 Å². The van der Waals surface area contributed by atoms with Crippen LogP contribution >= 0.6 is 11.8 Å². The molecular weight excluding hydrogens is 349 g/mol. The van der Waals surface area contributed by atoms with Crippen molar-refractivity contribution in [1.29, 1.82) is 0 Å². The van der Waals surface area contributed by atoms with E-state index in [9.17, 15) is 9.18 Å². The van der Waals surface area contributed by atoms with Gasteiger partial charge in [0.15, 0.2) is 0 Å². The van der Waals surface area contributed by atoms with Crippen LogP contribution in [0, 0.1) is 5.82 Å². The maximum absolute atomic E-state index is 13.0. The zero-order valence-corrected chi connectivity index (χ0v) is 15.0. The zero-order chi connectivity index (χ0) is 18.4. The van der Waals surface area contributed by atoms with Crippen LogP contribution in [0.4, 0.5) is 4.39 Å². The van der Waals surface area contributed by atoms with Crippen molar-refractivity contribution >= 4 is 17.7 Å². The average Bonchev–Trinajstić information content (AvgIpc) is 2.68. The van der Waals surface area contributed by atoms with Crippen molar-refractivity contribution in [2.45, 2.75) is 23.7 Å². The molecular formula is C20H18FN3OS. The topological polar surface area (TPSA) is 54.9 Å². The zero-order valence-electron chi connectivity index (χ0n) is 14.2. The van der Waals surface area contributed by atoms with E-state index in [0.717, 1.165) is 11.1 Å². The second kappa shape index (κ2) is 8.58. The van der Waals surface area contributed by atoms with Crippen molar-refractivity contribution in [2.24, 2.45) is 0 Å². The monoisotopic (exact) mass is 367 g/mol. The van der Waals surface area contributed by atoms with Gasteiger partial charge in [0.2, 0.25) is 0 Å². The first-order valence-electron chi connectivity index (χ1n) is 8.16. The molecule has 132 valence electrons. The summed E-state index contributed by atoms with van der Waals surface area (Å²) in [5.41, 5.74) is 2.48. The Bertz CT molecular complexity index is 872. The van der Waals surface area contributed by atoms with Gasteiger partial charge in [0.1, 0.15) is 10.8 Å². The maximum atomic E-state index is 13.0. The SMILES string of the molecule is CC(NC(=O)c1cccnc1SCc1ccc(F)cc1)c1ccncc1. The van der Waals surface area contributed by atoms with Crippen LogP contribution in [0.25, 0.3) is 0 Å². The smallest absolute Gasteiger partial charge is 0.254 e. The summed E-state index contributed by atoms with van der Waals surface area (Å²) in [4.78, 5) is 21.0. The van der Waals surface area contributed by atoms with Crippen molar-refractivity contribution < 1.29 is 9.18 Å². The average molecular weight is 367 g/mol. The van der Waals surface area contributed by atoms with Gasteiger partial charge in [0.25, 0.3) is 5.91 Å². The third kappa shape index (κ3) is 4.67. The van der Waals surface area contributed by atoms with Gasteiger partial charge in [-0.2, -0.15) is 0 Å². The van der Waals surface area contributed by atoms with Crippen molar-refractivity contribution in [3.8, 4) is 0 Å². The molecule has 0 fully saturated rings. The molecule has 0 bridgehead atoms. The third-order valence-electron chi connectivity index (χ3n) is 3.86. The number of carbonyl (C=O) groups excluding carboxylic acids is 1. The van der Waals surface area contributed by atoms with Gasteiger partial charge < -0.3 is 5.32 Å². The third-order valence-corrected chi connectivity index (χ3v) is 4.93. The lowest BCUT2D eigenvalue weighted by Gasteiger charge is -2.15. The fourth-order valence-corrected chi connectivity index (χ4v) is 3.37. The maximum Gasteiger partial charge on any atom is 0.254 e. The van der Waals surface area contributed by atoms with Crippen LogP contribution in [0.2, 0.25) is 0 Å². The highest BCUT2D eigenvalue weighted by Gasteiger charge is 2.16. The minimum Gasteiger partial charge on any atom is -0.345 e. The molecule has 1 amide bonds. The summed E-state index contributed by atoms with van der Waals surface area (Å²) in [6.45, 7) is 1.93. The number of pyridine rings is 2. The van der Waals surface area contributed by atoms with Gasteiger partial charge in [-0.15, -0.1) is 11.8 Å². The van der Waals surface area contributed by atoms with E-state index in [-0.39, 0.29) is 17.8 Å². The van der Waals surface area contributed by atoms with Crippen LogP contribution in [-0.2, 0) is 5.75 Å². The summed E-state index contributed by atoms with van der Waals surface area (Å²) in [7, 11) is 0. The fourth-order valence-electron chi connectivity index (χ4n) is 2.42. The molecule has 1 aromatic carbocycles. The number of nitrogens with zero attached hydrogens (tertiary/aromatic N) is 2. The second-order valence-corrected chi connectivity index (χ2v) is 6.71. The first-order chi connectivity index (χ1) is 12.6. The Morgan fingerprint density at radius 2 is 1.85 bits per heavy atom. The normalized spacial score (nSPS) is 11.8. The molecule has 0 saturated heterocycles. The van der Waals surface area contributed by atoms with Crippen LogP contribution in [0.15, 0.2) is 72.1 Å². The molecule has 1 unspecified atom stereocenters. The number of carbonyl (C=O) groups is 1. The first kappa shape index (κ1) is 18.1. The van der Waals surface area contributed by atoms with Gasteiger partial charge in [-0.3, -0.25) is 9.78 Å². The number of benzene rings is 1. The highest BCUT2D eigenvalue weighted by molar-refractivity contribution is 7.98. The highest BCUT2D eigenvalue weighted by atomic mass is 32.2. The molecule has 2 heterocycles. The second-order valence-electron chi connectivity index (χ2n) is 5.75. The van der Waals surface area contributed by atoms with Crippen molar-refractivity contribution in [1.82, 2.24) is 15.3 Å². The van der Waals surface area contributed by atoms with E-state index in [1.54, 1.807) is 42.9 Å². The van der Waals surface area contributed by atoms with E-state index in [0.29, 0.717) is 16.3 Å². The Morgan fingerprint density at radius 3 is 2.58 bits per heavy atom. The van der Waals surface area contributed by atoms with Gasteiger partial charge in [-0.25, -0.2) is 9.37 Å². The van der Waals surface area contributed by atoms with Crippen molar-refractivity contribution in [2.75, 3.05) is 0 Å². The van der Waals surface area contributed by atoms with Gasteiger partial charge in [0.05, 0.1) is 11.6 Å². The molecule has 3 aromatic rings. The molecule has 26 heavy (non-hydrogen) atoms. The molecule has 0 aliphatic rings. The highest BCUT2D eigenvalue weighted by Crippen LogP contribution is 2.25. The predicted octanol–water partition coefficient (Wildman–Crippen LogP) is 4.40. The van der Waals surface area contributed by atoms with Crippen LogP contribution in [0.5, 0.6) is 0 Å². The number of amides is 1. The Kier molecular flexibility index (Phi) is 5.96. The Hall–Kier alpha value is -2.73. The predicted molar refractivity (Wildman–Crippen MR) is 100 cm³/mol. The molecule has 0 aliphatic heterocycles. The van der Waals surface area contributed by atoms with Gasteiger partial charge in [-0.1, -0.05) is 12.1 Å². The molecule has 6 heteroatoms. The molecule has 0 spiro atoms. The van der Waals surface area contributed by atoms with Crippen molar-refractivity contribution in [3.63, 3.8) is 0 Å². The number of hydrogen-bond acceptors (Lipinski definition) is 4. The van der Waals surface area contributed by atoms with E-state index >= 15 is 0 Å². The van der Waals surface area contributed by atoms with Gasteiger partial charge in [-0.05, 0) is 54.4 Å². The lowest BCUT2D eigenvalue weighted by Crippen LogP contribution is -2.27. The molecule has 0 radical (unpaired) electrons. The minimum absolute atomic E-state index is 0.138. The van der Waals surface area contributed by atoms with Crippen LogP contribution < -0.4 is 5.32 Å². The van der Waals surface area contributed by atoms with Crippen LogP contribution in [0.3, 0.4) is 0 Å². The molecule has 3 rings (SSSR count). The number of halogens is 1. The summed E-state index contributed by atoms with van der Waals surface area (Å²) < 4.78 is 13.0. The van der Waals surface area contributed by atoms with E-state index < -0.39 is 0 Å². The summed E-state index contributed by atoms with van der Waals surface area (Å²) in [5.74, 6) is 0.170. The van der Waals surface area contributed by atoms with Crippen LogP contribution in [0.1, 0.15) is 34.5 Å². The molecule has 1 N–H and O–H groups in total. The summed E-state index contributed by atoms with van der Waals surface area (Å²) in [6, 6.07) is 13.4. The lowest BCUT2D eigenvalue weighted by molar-refractivity contribution is 0.0936.